The number of carbonyl (C=O) groups is 2. The molecule has 0 fully saturated rings. The first-order chi connectivity index (χ1) is 16.3. The summed E-state index contributed by atoms with van der Waals surface area (Å²) in [7, 11) is 0. The molecule has 0 aliphatic heterocycles. The van der Waals surface area contributed by atoms with Crippen molar-refractivity contribution in [3.8, 4) is 0 Å². The summed E-state index contributed by atoms with van der Waals surface area (Å²) in [6.07, 6.45) is 0.315. The van der Waals surface area contributed by atoms with Gasteiger partial charge in [-0.05, 0) is 48.7 Å². The molecule has 0 bridgehead atoms. The Morgan fingerprint density at radius 3 is 2.03 bits per heavy atom. The number of benzene rings is 3. The molecule has 1 atom stereocenters. The van der Waals surface area contributed by atoms with Crippen molar-refractivity contribution in [2.75, 3.05) is 0 Å². The highest BCUT2D eigenvalue weighted by molar-refractivity contribution is 6.36. The smallest absolute Gasteiger partial charge is 0.243 e. The summed E-state index contributed by atoms with van der Waals surface area (Å²) in [5.41, 5.74) is 2.22. The predicted octanol–water partition coefficient (Wildman–Crippen LogP) is 6.35. The van der Waals surface area contributed by atoms with E-state index < -0.39 is 6.04 Å². The molecular formula is C27H27Cl3N2O2. The lowest BCUT2D eigenvalue weighted by Crippen LogP contribution is -2.52. The van der Waals surface area contributed by atoms with Crippen LogP contribution in [0.5, 0.6) is 0 Å². The van der Waals surface area contributed by atoms with Crippen LogP contribution in [-0.4, -0.2) is 28.8 Å². The van der Waals surface area contributed by atoms with Gasteiger partial charge in [-0.1, -0.05) is 89.4 Å². The molecule has 0 saturated carbocycles. The second-order valence-corrected chi connectivity index (χ2v) is 9.58. The maximum Gasteiger partial charge on any atom is 0.243 e. The van der Waals surface area contributed by atoms with E-state index in [1.165, 1.54) is 0 Å². The van der Waals surface area contributed by atoms with Gasteiger partial charge in [-0.3, -0.25) is 9.59 Å². The number of hydrogen-bond donors (Lipinski definition) is 1. The summed E-state index contributed by atoms with van der Waals surface area (Å²) in [5, 5.41) is 4.31. The summed E-state index contributed by atoms with van der Waals surface area (Å²) in [4.78, 5) is 28.7. The largest absolute Gasteiger partial charge is 0.352 e. The Morgan fingerprint density at radius 2 is 1.41 bits per heavy atom. The van der Waals surface area contributed by atoms with Crippen LogP contribution in [0.25, 0.3) is 0 Å². The van der Waals surface area contributed by atoms with Gasteiger partial charge in [0.1, 0.15) is 6.04 Å². The van der Waals surface area contributed by atoms with Crippen LogP contribution in [-0.2, 0) is 29.0 Å². The van der Waals surface area contributed by atoms with Gasteiger partial charge in [0.2, 0.25) is 11.8 Å². The van der Waals surface area contributed by atoms with E-state index in [1.807, 2.05) is 62.4 Å². The van der Waals surface area contributed by atoms with E-state index in [0.29, 0.717) is 27.1 Å². The highest BCUT2D eigenvalue weighted by atomic mass is 35.5. The molecule has 1 N–H and O–H groups in total. The van der Waals surface area contributed by atoms with E-state index in [0.717, 1.165) is 11.1 Å². The summed E-state index contributed by atoms with van der Waals surface area (Å²) in [6.45, 7) is 3.95. The van der Waals surface area contributed by atoms with Crippen molar-refractivity contribution < 1.29 is 9.59 Å². The third-order valence-corrected chi connectivity index (χ3v) is 6.47. The van der Waals surface area contributed by atoms with Crippen molar-refractivity contribution in [1.29, 1.82) is 0 Å². The average molecular weight is 518 g/mol. The highest BCUT2D eigenvalue weighted by Crippen LogP contribution is 2.27. The number of nitrogens with zero attached hydrogens (tertiary/aromatic N) is 1. The lowest BCUT2D eigenvalue weighted by Gasteiger charge is -2.32. The molecule has 4 nitrogen and oxygen atoms in total. The number of halogens is 3. The molecular weight excluding hydrogens is 491 g/mol. The fourth-order valence-electron chi connectivity index (χ4n) is 3.70. The average Bonchev–Trinajstić information content (AvgIpc) is 2.80. The van der Waals surface area contributed by atoms with Gasteiger partial charge >= 0.3 is 0 Å². The summed E-state index contributed by atoms with van der Waals surface area (Å²) in [6, 6.07) is 21.2. The fourth-order valence-corrected chi connectivity index (χ4v) is 4.43. The lowest BCUT2D eigenvalue weighted by atomic mass is 10.0. The molecule has 0 aliphatic rings. The van der Waals surface area contributed by atoms with Crippen LogP contribution in [0.2, 0.25) is 15.1 Å². The monoisotopic (exact) mass is 516 g/mol. The normalized spacial score (nSPS) is 11.8. The van der Waals surface area contributed by atoms with E-state index in [4.69, 9.17) is 34.8 Å². The molecule has 3 aromatic rings. The molecule has 0 aromatic heterocycles. The van der Waals surface area contributed by atoms with Crippen LogP contribution in [0.3, 0.4) is 0 Å². The van der Waals surface area contributed by atoms with Crippen molar-refractivity contribution in [3.05, 3.63) is 105 Å². The minimum absolute atomic E-state index is 0.0385. The van der Waals surface area contributed by atoms with Crippen molar-refractivity contribution in [2.45, 2.75) is 45.3 Å². The number of carbonyl (C=O) groups excluding carboxylic acids is 2. The van der Waals surface area contributed by atoms with Gasteiger partial charge in [0.15, 0.2) is 0 Å². The van der Waals surface area contributed by atoms with Gasteiger partial charge in [-0.2, -0.15) is 0 Å². The van der Waals surface area contributed by atoms with Crippen LogP contribution < -0.4 is 5.32 Å². The molecule has 3 rings (SSSR count). The maximum atomic E-state index is 13.7. The van der Waals surface area contributed by atoms with Crippen LogP contribution in [0.4, 0.5) is 0 Å². The maximum absolute atomic E-state index is 13.7. The van der Waals surface area contributed by atoms with Crippen molar-refractivity contribution in [1.82, 2.24) is 10.2 Å². The first-order valence-electron chi connectivity index (χ1n) is 11.1. The Hall–Kier alpha value is -2.53. The van der Waals surface area contributed by atoms with Crippen LogP contribution in [0.1, 0.15) is 30.5 Å². The predicted molar refractivity (Wildman–Crippen MR) is 139 cm³/mol. The molecule has 0 saturated heterocycles. The van der Waals surface area contributed by atoms with Gasteiger partial charge in [0.05, 0.1) is 6.42 Å². The van der Waals surface area contributed by atoms with Gasteiger partial charge in [0, 0.05) is 34.1 Å². The number of rotatable bonds is 9. The lowest BCUT2D eigenvalue weighted by molar-refractivity contribution is -0.141. The molecule has 34 heavy (non-hydrogen) atoms. The number of nitrogens with one attached hydrogen (secondary N) is 1. The van der Waals surface area contributed by atoms with E-state index in [1.54, 1.807) is 29.2 Å². The minimum atomic E-state index is -0.755. The number of amides is 2. The quantitative estimate of drug-likeness (QED) is 0.359. The zero-order valence-corrected chi connectivity index (χ0v) is 21.4. The van der Waals surface area contributed by atoms with E-state index in [-0.39, 0.29) is 30.8 Å². The Morgan fingerprint density at radius 1 is 0.824 bits per heavy atom. The molecule has 7 heteroatoms. The van der Waals surface area contributed by atoms with Crippen molar-refractivity contribution in [2.24, 2.45) is 0 Å². The molecule has 0 aliphatic carbocycles. The third-order valence-electron chi connectivity index (χ3n) is 5.39. The Kier molecular flexibility index (Phi) is 9.40. The van der Waals surface area contributed by atoms with E-state index in [9.17, 15) is 9.59 Å². The minimum Gasteiger partial charge on any atom is -0.352 e. The first kappa shape index (κ1) is 26.1. The molecule has 0 radical (unpaired) electrons. The second-order valence-electron chi connectivity index (χ2n) is 8.36. The molecule has 2 amide bonds. The van der Waals surface area contributed by atoms with E-state index >= 15 is 0 Å². The number of hydrogen-bond acceptors (Lipinski definition) is 2. The molecule has 178 valence electrons. The van der Waals surface area contributed by atoms with Crippen LogP contribution in [0, 0.1) is 0 Å². The summed E-state index contributed by atoms with van der Waals surface area (Å²) < 4.78 is 0. The molecule has 0 spiro atoms. The first-order valence-corrected chi connectivity index (χ1v) is 12.2. The van der Waals surface area contributed by atoms with Gasteiger partial charge in [-0.15, -0.1) is 0 Å². The Balaban J connectivity index is 2.02. The van der Waals surface area contributed by atoms with Crippen molar-refractivity contribution in [3.63, 3.8) is 0 Å². The summed E-state index contributed by atoms with van der Waals surface area (Å²) in [5.74, 6) is -0.501. The zero-order valence-electron chi connectivity index (χ0n) is 19.1. The highest BCUT2D eigenvalue weighted by Gasteiger charge is 2.31. The van der Waals surface area contributed by atoms with E-state index in [2.05, 4.69) is 5.32 Å². The fraction of sp³-hybridized carbons (Fsp3) is 0.259. The molecule has 1 unspecified atom stereocenters. The van der Waals surface area contributed by atoms with Crippen molar-refractivity contribution >= 4 is 46.6 Å². The molecule has 0 heterocycles. The molecule has 3 aromatic carbocycles. The zero-order chi connectivity index (χ0) is 24.7. The van der Waals surface area contributed by atoms with Gasteiger partial charge < -0.3 is 10.2 Å². The Bertz CT molecular complexity index is 1120. The van der Waals surface area contributed by atoms with Crippen LogP contribution in [0.15, 0.2) is 72.8 Å². The summed E-state index contributed by atoms with van der Waals surface area (Å²) >= 11 is 19.1. The van der Waals surface area contributed by atoms with Gasteiger partial charge in [0.25, 0.3) is 0 Å². The van der Waals surface area contributed by atoms with Gasteiger partial charge in [-0.25, -0.2) is 0 Å². The SMILES string of the molecule is CC(C)NC(=O)C(Cc1ccccc1)N(Cc1ccccc1Cl)C(=O)Cc1c(Cl)cccc1Cl. The second kappa shape index (κ2) is 12.3. The standard InChI is InChI=1S/C27H27Cl3N2O2/c1-18(2)31-27(34)25(15-19-9-4-3-5-10-19)32(17-20-11-6-7-12-22(20)28)26(33)16-21-23(29)13-8-14-24(21)30/h3-14,18,25H,15-17H2,1-2H3,(H,31,34). The Labute approximate surface area is 215 Å². The topological polar surface area (TPSA) is 49.4 Å². The van der Waals surface area contributed by atoms with Crippen LogP contribution >= 0.6 is 34.8 Å². The third kappa shape index (κ3) is 6.99.